The first-order valence-electron chi connectivity index (χ1n) is 4.33. The van der Waals surface area contributed by atoms with Crippen molar-refractivity contribution in [2.24, 2.45) is 5.73 Å². The molecule has 9 heteroatoms. The number of carbonyl (C=O) groups is 2. The first kappa shape index (κ1) is 11.1. The molecular weight excluding hydrogens is 250 g/mol. The molecule has 1 aromatic rings. The number of aromatic nitrogens is 2. The Balaban J connectivity index is 2.16. The molecule has 0 fully saturated rings. The molecule has 0 radical (unpaired) electrons. The summed E-state index contributed by atoms with van der Waals surface area (Å²) in [6.07, 6.45) is 0. The van der Waals surface area contributed by atoms with E-state index < -0.39 is 11.4 Å². The highest BCUT2D eigenvalue weighted by Gasteiger charge is 2.25. The van der Waals surface area contributed by atoms with Crippen LogP contribution in [0.2, 0.25) is 0 Å². The van der Waals surface area contributed by atoms with Gasteiger partial charge in [-0.1, -0.05) is 11.8 Å². The minimum atomic E-state index is -0.461. The van der Waals surface area contributed by atoms with E-state index in [1.807, 2.05) is 0 Å². The maximum atomic E-state index is 11.5. The van der Waals surface area contributed by atoms with Gasteiger partial charge in [-0.2, -0.15) is 0 Å². The van der Waals surface area contributed by atoms with Gasteiger partial charge in [0, 0.05) is 0 Å². The van der Waals surface area contributed by atoms with E-state index in [-0.39, 0.29) is 11.7 Å². The number of primary amides is 1. The Bertz CT molecular complexity index is 446. The van der Waals surface area contributed by atoms with Crippen molar-refractivity contribution in [1.82, 2.24) is 15.3 Å². The fourth-order valence-electron chi connectivity index (χ4n) is 1.19. The van der Waals surface area contributed by atoms with Crippen molar-refractivity contribution in [1.29, 1.82) is 0 Å². The molecular formula is C7H9N5O2S2. The Morgan fingerprint density at radius 2 is 2.31 bits per heavy atom. The number of aromatic amines is 1. The molecule has 0 saturated heterocycles. The molecule has 16 heavy (non-hydrogen) atoms. The number of anilines is 1. The van der Waals surface area contributed by atoms with E-state index in [0.29, 0.717) is 16.7 Å². The van der Waals surface area contributed by atoms with E-state index >= 15 is 0 Å². The number of hydrogen-bond acceptors (Lipinski definition) is 6. The Hall–Kier alpha value is -1.35. The zero-order valence-corrected chi connectivity index (χ0v) is 9.69. The zero-order chi connectivity index (χ0) is 11.7. The largest absolute Gasteiger partial charge is 0.369 e. The zero-order valence-electron chi connectivity index (χ0n) is 7.98. The quantitative estimate of drug-likeness (QED) is 0.366. The van der Waals surface area contributed by atoms with Crippen LogP contribution < -0.4 is 16.4 Å². The van der Waals surface area contributed by atoms with Crippen LogP contribution in [-0.2, 0) is 4.79 Å². The number of amides is 2. The van der Waals surface area contributed by atoms with Crippen LogP contribution in [-0.4, -0.2) is 33.0 Å². The van der Waals surface area contributed by atoms with Crippen LogP contribution in [0.25, 0.3) is 0 Å². The van der Waals surface area contributed by atoms with Gasteiger partial charge in [0.1, 0.15) is 11.2 Å². The molecule has 2 rings (SSSR count). The second kappa shape index (κ2) is 4.26. The molecule has 1 aromatic heterocycles. The van der Waals surface area contributed by atoms with Gasteiger partial charge in [-0.25, -0.2) is 4.98 Å². The number of imidazole rings is 1. The van der Waals surface area contributed by atoms with Crippen LogP contribution in [0.3, 0.4) is 0 Å². The molecule has 7 nitrogen and oxygen atoms in total. The predicted octanol–water partition coefficient (Wildman–Crippen LogP) is -0.644. The summed E-state index contributed by atoms with van der Waals surface area (Å²) < 4.78 is 0. The maximum absolute atomic E-state index is 11.5. The average Bonchev–Trinajstić information content (AvgIpc) is 2.57. The van der Waals surface area contributed by atoms with Crippen molar-refractivity contribution in [3.05, 3.63) is 5.69 Å². The topological polar surface area (TPSA) is 113 Å². The van der Waals surface area contributed by atoms with E-state index in [1.54, 1.807) is 0 Å². The Morgan fingerprint density at radius 1 is 1.56 bits per heavy atom. The average molecular weight is 259 g/mol. The maximum Gasteiger partial charge on any atom is 0.273 e. The summed E-state index contributed by atoms with van der Waals surface area (Å²) in [5.74, 6) is -0.190. The fourth-order valence-corrected chi connectivity index (χ4v) is 2.04. The lowest BCUT2D eigenvalue weighted by atomic mass is 10.3. The van der Waals surface area contributed by atoms with Crippen molar-refractivity contribution in [3.63, 3.8) is 0 Å². The standard InChI is InChI=1S/C7H9N5O2S2/c8-2(13)1-16-7-9-3-4(11-7)10-6(15)12-5(3)14/h6,10,15H,1H2,(H2,8,13)(H,9,11)(H,12,14). The molecule has 0 bridgehead atoms. The van der Waals surface area contributed by atoms with Gasteiger partial charge in [-0.3, -0.25) is 9.59 Å². The van der Waals surface area contributed by atoms with Crippen LogP contribution in [0, 0.1) is 0 Å². The van der Waals surface area contributed by atoms with E-state index in [4.69, 9.17) is 5.73 Å². The van der Waals surface area contributed by atoms with Crippen molar-refractivity contribution in [2.45, 2.75) is 10.7 Å². The molecule has 1 aliphatic heterocycles. The van der Waals surface area contributed by atoms with Gasteiger partial charge in [0.2, 0.25) is 5.91 Å². The lowest BCUT2D eigenvalue weighted by Gasteiger charge is -2.19. The van der Waals surface area contributed by atoms with Gasteiger partial charge in [-0.15, -0.1) is 12.6 Å². The molecule has 1 unspecified atom stereocenters. The minimum Gasteiger partial charge on any atom is -0.369 e. The number of rotatable bonds is 3. The monoisotopic (exact) mass is 259 g/mol. The van der Waals surface area contributed by atoms with E-state index in [9.17, 15) is 9.59 Å². The van der Waals surface area contributed by atoms with E-state index in [1.165, 1.54) is 0 Å². The van der Waals surface area contributed by atoms with Crippen LogP contribution in [0.15, 0.2) is 5.16 Å². The Morgan fingerprint density at radius 3 is 3.00 bits per heavy atom. The molecule has 0 aromatic carbocycles. The van der Waals surface area contributed by atoms with Crippen LogP contribution in [0.1, 0.15) is 10.5 Å². The number of thiol groups is 1. The molecule has 0 saturated carbocycles. The van der Waals surface area contributed by atoms with Crippen molar-refractivity contribution < 1.29 is 9.59 Å². The van der Waals surface area contributed by atoms with Crippen molar-refractivity contribution in [3.8, 4) is 0 Å². The number of thioether (sulfide) groups is 1. The molecule has 5 N–H and O–H groups in total. The van der Waals surface area contributed by atoms with Crippen LogP contribution >= 0.6 is 24.4 Å². The number of nitrogens with one attached hydrogen (secondary N) is 3. The number of nitrogens with two attached hydrogens (primary N) is 1. The van der Waals surface area contributed by atoms with Gasteiger partial charge < -0.3 is 21.4 Å². The SMILES string of the molecule is NC(=O)CSc1nc2c([nH]1)C(=O)NC(S)N2. The van der Waals surface area contributed by atoms with Gasteiger partial charge in [0.15, 0.2) is 11.0 Å². The molecule has 1 aliphatic rings. The van der Waals surface area contributed by atoms with Gasteiger partial charge in [0.05, 0.1) is 5.75 Å². The second-order valence-corrected chi connectivity index (χ2v) is 4.52. The fraction of sp³-hybridized carbons (Fsp3) is 0.286. The minimum absolute atomic E-state index is 0.109. The van der Waals surface area contributed by atoms with Gasteiger partial charge in [0.25, 0.3) is 5.91 Å². The van der Waals surface area contributed by atoms with Gasteiger partial charge >= 0.3 is 0 Å². The van der Waals surface area contributed by atoms with E-state index in [2.05, 4.69) is 33.2 Å². The summed E-state index contributed by atoms with van der Waals surface area (Å²) in [5.41, 5.74) is 4.87. The third-order valence-corrected chi connectivity index (χ3v) is 2.96. The third-order valence-electron chi connectivity index (χ3n) is 1.80. The first-order chi connectivity index (χ1) is 7.56. The van der Waals surface area contributed by atoms with Crippen molar-refractivity contribution >= 4 is 42.0 Å². The normalized spacial score (nSPS) is 18.6. The van der Waals surface area contributed by atoms with Gasteiger partial charge in [-0.05, 0) is 0 Å². The molecule has 2 amide bonds. The summed E-state index contributed by atoms with van der Waals surface area (Å²) in [7, 11) is 0. The Labute approximate surface area is 100 Å². The number of H-pyrrole nitrogens is 1. The summed E-state index contributed by atoms with van der Waals surface area (Å²) in [6.45, 7) is 0. The molecule has 0 aliphatic carbocycles. The highest BCUT2D eigenvalue weighted by Crippen LogP contribution is 2.23. The Kier molecular flexibility index (Phi) is 2.97. The third kappa shape index (κ3) is 2.25. The summed E-state index contributed by atoms with van der Waals surface area (Å²) in [6, 6.07) is 0. The highest BCUT2D eigenvalue weighted by molar-refractivity contribution is 7.99. The predicted molar refractivity (Wildman–Crippen MR) is 62.4 cm³/mol. The lowest BCUT2D eigenvalue weighted by Crippen LogP contribution is -2.41. The molecule has 0 spiro atoms. The highest BCUT2D eigenvalue weighted by atomic mass is 32.2. The second-order valence-electron chi connectivity index (χ2n) is 3.04. The molecule has 1 atom stereocenters. The number of hydrogen-bond donors (Lipinski definition) is 5. The van der Waals surface area contributed by atoms with Crippen molar-refractivity contribution in [2.75, 3.05) is 11.1 Å². The smallest absolute Gasteiger partial charge is 0.273 e. The molecule has 2 heterocycles. The lowest BCUT2D eigenvalue weighted by molar-refractivity contribution is -0.115. The summed E-state index contributed by atoms with van der Waals surface area (Å²) in [4.78, 5) is 29.0. The summed E-state index contributed by atoms with van der Waals surface area (Å²) in [5, 5.41) is 5.88. The van der Waals surface area contributed by atoms with Crippen LogP contribution in [0.5, 0.6) is 0 Å². The number of carbonyl (C=O) groups excluding carboxylic acids is 2. The van der Waals surface area contributed by atoms with E-state index in [0.717, 1.165) is 11.8 Å². The molecule has 86 valence electrons. The van der Waals surface area contributed by atoms with Crippen LogP contribution in [0.4, 0.5) is 5.82 Å². The summed E-state index contributed by atoms with van der Waals surface area (Å²) >= 11 is 5.20. The first-order valence-corrected chi connectivity index (χ1v) is 5.83. The number of nitrogens with zero attached hydrogens (tertiary/aromatic N) is 1. The number of fused-ring (bicyclic) bond motifs is 1.